The number of hydrogen-bond acceptors (Lipinski definition) is 4. The number of amides is 2. The van der Waals surface area contributed by atoms with Gasteiger partial charge in [-0.3, -0.25) is 4.79 Å². The molecule has 0 radical (unpaired) electrons. The van der Waals surface area contributed by atoms with Crippen LogP contribution in [0.3, 0.4) is 0 Å². The molecule has 0 unspecified atom stereocenters. The zero-order valence-corrected chi connectivity index (χ0v) is 13.8. The standard InChI is InChI=1S/C16H19ClN2O5/c17-12-7-10(8-13-14(12)24-6-5-23-13)9-18-16(22)19-3-1-11(2-4-19)15(20)21/h7-8,11H,1-6,9H2,(H,18,22)(H,20,21). The molecule has 2 N–H and O–H groups in total. The summed E-state index contributed by atoms with van der Waals surface area (Å²) in [5.41, 5.74) is 0.818. The van der Waals surface area contributed by atoms with Gasteiger partial charge in [-0.25, -0.2) is 4.79 Å². The number of hydrogen-bond donors (Lipinski definition) is 2. The number of carboxylic acid groups (broad SMARTS) is 1. The first-order valence-electron chi connectivity index (χ1n) is 7.88. The quantitative estimate of drug-likeness (QED) is 0.868. The number of rotatable bonds is 3. The number of carbonyl (C=O) groups excluding carboxylic acids is 1. The van der Waals surface area contributed by atoms with Crippen molar-refractivity contribution in [3.05, 3.63) is 22.7 Å². The van der Waals surface area contributed by atoms with Crippen LogP contribution in [-0.4, -0.2) is 48.3 Å². The van der Waals surface area contributed by atoms with Crippen LogP contribution in [0.15, 0.2) is 12.1 Å². The van der Waals surface area contributed by atoms with Crippen LogP contribution in [0, 0.1) is 5.92 Å². The van der Waals surface area contributed by atoms with E-state index < -0.39 is 5.97 Å². The van der Waals surface area contributed by atoms with E-state index in [1.807, 2.05) is 0 Å². The van der Waals surface area contributed by atoms with Gasteiger partial charge in [-0.15, -0.1) is 0 Å². The average molecular weight is 355 g/mol. The van der Waals surface area contributed by atoms with E-state index in [-0.39, 0.29) is 11.9 Å². The Morgan fingerprint density at radius 2 is 1.96 bits per heavy atom. The molecule has 1 aromatic carbocycles. The third-order valence-corrected chi connectivity index (χ3v) is 4.51. The van der Waals surface area contributed by atoms with Gasteiger partial charge in [0, 0.05) is 19.6 Å². The fourth-order valence-corrected chi connectivity index (χ4v) is 3.17. The molecule has 3 rings (SSSR count). The topological polar surface area (TPSA) is 88.1 Å². The Kier molecular flexibility index (Phi) is 4.99. The summed E-state index contributed by atoms with van der Waals surface area (Å²) in [5.74, 6) is -0.0272. The molecule has 0 spiro atoms. The number of fused-ring (bicyclic) bond motifs is 1. The Morgan fingerprint density at radius 3 is 2.67 bits per heavy atom. The minimum absolute atomic E-state index is 0.204. The number of carbonyl (C=O) groups is 2. The van der Waals surface area contributed by atoms with Gasteiger partial charge in [0.25, 0.3) is 0 Å². The summed E-state index contributed by atoms with van der Waals surface area (Å²) >= 11 is 6.17. The van der Waals surface area contributed by atoms with E-state index in [9.17, 15) is 9.59 Å². The highest BCUT2D eigenvalue weighted by atomic mass is 35.5. The molecule has 2 amide bonds. The molecule has 24 heavy (non-hydrogen) atoms. The predicted molar refractivity (Wildman–Crippen MR) is 86.6 cm³/mol. The van der Waals surface area contributed by atoms with Crippen molar-refractivity contribution in [2.45, 2.75) is 19.4 Å². The van der Waals surface area contributed by atoms with E-state index in [0.29, 0.717) is 62.2 Å². The lowest BCUT2D eigenvalue weighted by Crippen LogP contribution is -2.45. The van der Waals surface area contributed by atoms with Crippen LogP contribution in [0.4, 0.5) is 4.79 Å². The van der Waals surface area contributed by atoms with E-state index >= 15 is 0 Å². The molecular weight excluding hydrogens is 336 g/mol. The molecule has 2 heterocycles. The van der Waals surface area contributed by atoms with Crippen molar-refractivity contribution in [1.29, 1.82) is 0 Å². The molecule has 130 valence electrons. The summed E-state index contributed by atoms with van der Waals surface area (Å²) in [5, 5.41) is 12.3. The van der Waals surface area contributed by atoms with Gasteiger partial charge < -0.3 is 24.8 Å². The number of nitrogens with zero attached hydrogens (tertiary/aromatic N) is 1. The van der Waals surface area contributed by atoms with E-state index in [0.717, 1.165) is 5.56 Å². The second-order valence-electron chi connectivity index (χ2n) is 5.86. The van der Waals surface area contributed by atoms with Gasteiger partial charge in [0.15, 0.2) is 11.5 Å². The molecule has 1 fully saturated rings. The Hall–Kier alpha value is -2.15. The number of likely N-dealkylation sites (tertiary alicyclic amines) is 1. The summed E-state index contributed by atoms with van der Waals surface area (Å²) in [6, 6.07) is 3.34. The molecule has 8 heteroatoms. The van der Waals surface area contributed by atoms with Crippen molar-refractivity contribution >= 4 is 23.6 Å². The van der Waals surface area contributed by atoms with Gasteiger partial charge in [0.2, 0.25) is 0 Å². The number of ether oxygens (including phenoxy) is 2. The second-order valence-corrected chi connectivity index (χ2v) is 6.27. The number of aliphatic carboxylic acids is 1. The molecule has 0 saturated carbocycles. The molecule has 2 aliphatic rings. The largest absolute Gasteiger partial charge is 0.486 e. The summed E-state index contributed by atoms with van der Waals surface area (Å²) in [6.07, 6.45) is 0.969. The first-order valence-corrected chi connectivity index (χ1v) is 8.26. The maximum Gasteiger partial charge on any atom is 0.317 e. The minimum atomic E-state index is -0.791. The van der Waals surface area contributed by atoms with Gasteiger partial charge in [0.1, 0.15) is 13.2 Å². The Bertz CT molecular complexity index is 644. The van der Waals surface area contributed by atoms with Gasteiger partial charge in [-0.1, -0.05) is 11.6 Å². The molecular formula is C16H19ClN2O5. The van der Waals surface area contributed by atoms with Gasteiger partial charge in [-0.2, -0.15) is 0 Å². The highest BCUT2D eigenvalue weighted by molar-refractivity contribution is 6.32. The van der Waals surface area contributed by atoms with Crippen molar-refractivity contribution in [3.63, 3.8) is 0 Å². The van der Waals surface area contributed by atoms with Crippen LogP contribution < -0.4 is 14.8 Å². The fourth-order valence-electron chi connectivity index (χ4n) is 2.89. The lowest BCUT2D eigenvalue weighted by molar-refractivity contribution is -0.143. The summed E-state index contributed by atoms with van der Waals surface area (Å²) in [7, 11) is 0. The summed E-state index contributed by atoms with van der Waals surface area (Å²) in [6.45, 7) is 2.15. The van der Waals surface area contributed by atoms with Gasteiger partial charge in [-0.05, 0) is 30.5 Å². The van der Waals surface area contributed by atoms with Crippen LogP contribution in [0.25, 0.3) is 0 Å². The SMILES string of the molecule is O=C(O)C1CCN(C(=O)NCc2cc(Cl)c3c(c2)OCCO3)CC1. The molecule has 0 bridgehead atoms. The smallest absolute Gasteiger partial charge is 0.317 e. The maximum atomic E-state index is 12.2. The predicted octanol–water partition coefficient (Wildman–Crippen LogP) is 2.12. The lowest BCUT2D eigenvalue weighted by atomic mass is 9.97. The van der Waals surface area contributed by atoms with Crippen molar-refractivity contribution < 1.29 is 24.2 Å². The molecule has 2 aliphatic heterocycles. The second kappa shape index (κ2) is 7.17. The molecule has 1 saturated heterocycles. The van der Waals surface area contributed by atoms with Crippen molar-refractivity contribution in [2.24, 2.45) is 5.92 Å². The third-order valence-electron chi connectivity index (χ3n) is 4.23. The molecule has 0 aliphatic carbocycles. The van der Waals surface area contributed by atoms with E-state index in [2.05, 4.69) is 5.32 Å². The Morgan fingerprint density at radius 1 is 1.25 bits per heavy atom. The molecule has 7 nitrogen and oxygen atoms in total. The van der Waals surface area contributed by atoms with E-state index in [1.54, 1.807) is 17.0 Å². The maximum absolute atomic E-state index is 12.2. The van der Waals surface area contributed by atoms with Crippen LogP contribution in [0.2, 0.25) is 5.02 Å². The zero-order valence-electron chi connectivity index (χ0n) is 13.1. The highest BCUT2D eigenvalue weighted by Crippen LogP contribution is 2.38. The first-order chi connectivity index (χ1) is 11.5. The van der Waals surface area contributed by atoms with Crippen LogP contribution in [0.5, 0.6) is 11.5 Å². The summed E-state index contributed by atoms with van der Waals surface area (Å²) < 4.78 is 11.0. The molecule has 1 aromatic rings. The fraction of sp³-hybridized carbons (Fsp3) is 0.500. The molecule has 0 aromatic heterocycles. The van der Waals surface area contributed by atoms with Gasteiger partial charge in [0.05, 0.1) is 10.9 Å². The van der Waals surface area contributed by atoms with Crippen LogP contribution in [-0.2, 0) is 11.3 Å². The number of urea groups is 1. The number of nitrogens with one attached hydrogen (secondary N) is 1. The number of benzene rings is 1. The Labute approximate surface area is 144 Å². The Balaban J connectivity index is 1.55. The monoisotopic (exact) mass is 354 g/mol. The number of halogens is 1. The third kappa shape index (κ3) is 3.67. The minimum Gasteiger partial charge on any atom is -0.486 e. The summed E-state index contributed by atoms with van der Waals surface area (Å²) in [4.78, 5) is 24.8. The van der Waals surface area contributed by atoms with Crippen LogP contribution in [0.1, 0.15) is 18.4 Å². The normalized spacial score (nSPS) is 17.5. The van der Waals surface area contributed by atoms with E-state index in [1.165, 1.54) is 0 Å². The van der Waals surface area contributed by atoms with Gasteiger partial charge >= 0.3 is 12.0 Å². The highest BCUT2D eigenvalue weighted by Gasteiger charge is 2.27. The molecule has 0 atom stereocenters. The zero-order chi connectivity index (χ0) is 17.1. The average Bonchev–Trinajstić information content (AvgIpc) is 2.60. The number of piperidine rings is 1. The lowest BCUT2D eigenvalue weighted by Gasteiger charge is -2.30. The van der Waals surface area contributed by atoms with Crippen LogP contribution >= 0.6 is 11.6 Å². The van der Waals surface area contributed by atoms with Crippen molar-refractivity contribution in [3.8, 4) is 11.5 Å². The van der Waals surface area contributed by atoms with Crippen molar-refractivity contribution in [1.82, 2.24) is 10.2 Å². The van der Waals surface area contributed by atoms with E-state index in [4.69, 9.17) is 26.2 Å². The van der Waals surface area contributed by atoms with Crippen molar-refractivity contribution in [2.75, 3.05) is 26.3 Å². The first kappa shape index (κ1) is 16.7. The number of carboxylic acids is 1.